The number of hydrogen-bond donors (Lipinski definition) is 3. The van der Waals surface area contributed by atoms with Gasteiger partial charge in [0.2, 0.25) is 0 Å². The van der Waals surface area contributed by atoms with Crippen LogP contribution in [0.1, 0.15) is 26.7 Å². The second kappa shape index (κ2) is 7.89. The summed E-state index contributed by atoms with van der Waals surface area (Å²) in [5.74, 6) is -0.845. The van der Waals surface area contributed by atoms with E-state index in [0.717, 1.165) is 6.42 Å². The molecule has 0 fully saturated rings. The predicted octanol–water partition coefficient (Wildman–Crippen LogP) is 0.509. The number of aliphatic carboxylic acids is 1. The van der Waals surface area contributed by atoms with Crippen LogP contribution in [0.3, 0.4) is 0 Å². The molecular weight excluding hydrogens is 224 g/mol. The Balaban J connectivity index is 3.82. The summed E-state index contributed by atoms with van der Waals surface area (Å²) in [6.45, 7) is 4.92. The van der Waals surface area contributed by atoms with E-state index in [1.165, 1.54) is 0 Å². The molecule has 0 aromatic rings. The van der Waals surface area contributed by atoms with Crippen molar-refractivity contribution in [2.24, 2.45) is 5.92 Å². The molecule has 0 rings (SSSR count). The first kappa shape index (κ1) is 15.7. The van der Waals surface area contributed by atoms with Gasteiger partial charge in [0.05, 0.1) is 0 Å². The van der Waals surface area contributed by atoms with E-state index < -0.39 is 12.1 Å². The first-order chi connectivity index (χ1) is 7.88. The predicted molar refractivity (Wildman–Crippen MR) is 63.7 cm³/mol. The fourth-order valence-corrected chi connectivity index (χ4v) is 1.25. The summed E-state index contributed by atoms with van der Waals surface area (Å²) in [5.41, 5.74) is 0. The summed E-state index contributed by atoms with van der Waals surface area (Å²) in [6, 6.07) is -0.247. The number of aliphatic hydroxyl groups is 1. The van der Waals surface area contributed by atoms with E-state index in [1.54, 1.807) is 11.9 Å². The molecule has 0 aromatic heterocycles. The highest BCUT2D eigenvalue weighted by atomic mass is 16.4. The van der Waals surface area contributed by atoms with Gasteiger partial charge >= 0.3 is 12.0 Å². The Labute approximate surface area is 102 Å². The first-order valence-electron chi connectivity index (χ1n) is 5.78. The van der Waals surface area contributed by atoms with Crippen LogP contribution < -0.4 is 5.32 Å². The summed E-state index contributed by atoms with van der Waals surface area (Å²) >= 11 is 0. The van der Waals surface area contributed by atoms with Crippen LogP contribution in [-0.2, 0) is 4.79 Å². The number of urea groups is 1. The molecule has 0 saturated carbocycles. The van der Waals surface area contributed by atoms with Crippen molar-refractivity contribution >= 4 is 12.0 Å². The molecule has 0 heterocycles. The molecule has 0 spiro atoms. The molecule has 0 saturated heterocycles. The van der Waals surface area contributed by atoms with Crippen LogP contribution in [0.4, 0.5) is 4.79 Å². The van der Waals surface area contributed by atoms with Crippen LogP contribution in [0.2, 0.25) is 0 Å². The van der Waals surface area contributed by atoms with Gasteiger partial charge in [-0.15, -0.1) is 0 Å². The van der Waals surface area contributed by atoms with E-state index in [-0.39, 0.29) is 19.0 Å². The van der Waals surface area contributed by atoms with E-state index >= 15 is 0 Å². The van der Waals surface area contributed by atoms with Gasteiger partial charge < -0.3 is 20.4 Å². The summed E-state index contributed by atoms with van der Waals surface area (Å²) in [6.07, 6.45) is -0.414. The third kappa shape index (κ3) is 6.78. The quantitative estimate of drug-likeness (QED) is 0.610. The molecule has 0 aromatic carbocycles. The van der Waals surface area contributed by atoms with Crippen LogP contribution in [0.15, 0.2) is 0 Å². The molecule has 0 bridgehead atoms. The highest BCUT2D eigenvalue weighted by Gasteiger charge is 2.14. The number of rotatable bonds is 7. The molecule has 3 N–H and O–H groups in total. The zero-order valence-electron chi connectivity index (χ0n) is 10.6. The zero-order chi connectivity index (χ0) is 13.4. The lowest BCUT2D eigenvalue weighted by Crippen LogP contribution is -2.40. The molecule has 2 amide bonds. The molecule has 100 valence electrons. The van der Waals surface area contributed by atoms with Crippen LogP contribution >= 0.6 is 0 Å². The minimum atomic E-state index is -1.42. The number of carbonyl (C=O) groups is 2. The van der Waals surface area contributed by atoms with Gasteiger partial charge in [0.25, 0.3) is 0 Å². The molecule has 6 heteroatoms. The monoisotopic (exact) mass is 246 g/mol. The third-order valence-electron chi connectivity index (χ3n) is 2.61. The number of amides is 2. The fraction of sp³-hybridized carbons (Fsp3) is 0.818. The van der Waals surface area contributed by atoms with Crippen molar-refractivity contribution in [3.05, 3.63) is 0 Å². The lowest BCUT2D eigenvalue weighted by Gasteiger charge is -2.21. The summed E-state index contributed by atoms with van der Waals surface area (Å²) in [4.78, 5) is 23.4. The van der Waals surface area contributed by atoms with Crippen LogP contribution in [0.25, 0.3) is 0 Å². The van der Waals surface area contributed by atoms with Gasteiger partial charge in [0.1, 0.15) is 0 Å². The zero-order valence-corrected chi connectivity index (χ0v) is 10.6. The molecule has 6 nitrogen and oxygen atoms in total. The Morgan fingerprint density at radius 2 is 2.00 bits per heavy atom. The maximum absolute atomic E-state index is 11.5. The number of nitrogens with one attached hydrogen (secondary N) is 1. The number of carbonyl (C=O) groups excluding carboxylic acids is 1. The Morgan fingerprint density at radius 1 is 1.41 bits per heavy atom. The average molecular weight is 246 g/mol. The summed E-state index contributed by atoms with van der Waals surface area (Å²) in [7, 11) is 1.69. The third-order valence-corrected chi connectivity index (χ3v) is 2.61. The molecular formula is C11H22N2O4. The number of carboxylic acids is 1. The van der Waals surface area contributed by atoms with Gasteiger partial charge in [-0.2, -0.15) is 0 Å². The molecule has 1 unspecified atom stereocenters. The maximum atomic E-state index is 11.5. The van der Waals surface area contributed by atoms with Crippen molar-refractivity contribution in [2.45, 2.75) is 32.8 Å². The van der Waals surface area contributed by atoms with Gasteiger partial charge in [-0.05, 0) is 5.92 Å². The van der Waals surface area contributed by atoms with E-state index in [1.807, 2.05) is 0 Å². The molecule has 2 atom stereocenters. The molecule has 0 aliphatic heterocycles. The van der Waals surface area contributed by atoms with Crippen molar-refractivity contribution in [3.8, 4) is 0 Å². The van der Waals surface area contributed by atoms with Crippen molar-refractivity contribution in [1.82, 2.24) is 10.2 Å². The second-order valence-electron chi connectivity index (χ2n) is 4.27. The van der Waals surface area contributed by atoms with E-state index in [9.17, 15) is 9.59 Å². The highest BCUT2D eigenvalue weighted by molar-refractivity contribution is 5.74. The van der Waals surface area contributed by atoms with Crippen molar-refractivity contribution in [3.63, 3.8) is 0 Å². The topological polar surface area (TPSA) is 89.9 Å². The minimum Gasteiger partial charge on any atom is -0.479 e. The fourth-order valence-electron chi connectivity index (χ4n) is 1.25. The molecule has 0 aliphatic carbocycles. The minimum absolute atomic E-state index is 0.0121. The number of carboxylic acid groups (broad SMARTS) is 1. The van der Waals surface area contributed by atoms with Gasteiger partial charge in [-0.1, -0.05) is 20.3 Å². The van der Waals surface area contributed by atoms with Gasteiger partial charge in [0, 0.05) is 26.6 Å². The lowest BCUT2D eigenvalue weighted by molar-refractivity contribution is -0.146. The Kier molecular flexibility index (Phi) is 7.29. The number of hydrogen-bond acceptors (Lipinski definition) is 3. The van der Waals surface area contributed by atoms with E-state index in [4.69, 9.17) is 10.2 Å². The van der Waals surface area contributed by atoms with Gasteiger partial charge in [-0.3, -0.25) is 0 Å². The van der Waals surface area contributed by atoms with Crippen molar-refractivity contribution < 1.29 is 19.8 Å². The normalized spacial score (nSPS) is 13.9. The molecule has 0 radical (unpaired) electrons. The van der Waals surface area contributed by atoms with E-state index in [2.05, 4.69) is 19.2 Å². The SMILES string of the molecule is CCC(C)CN(C)C(=O)NCC[C@H](O)C(=O)O. The van der Waals surface area contributed by atoms with Gasteiger partial charge in [0.15, 0.2) is 6.10 Å². The number of nitrogens with zero attached hydrogens (tertiary/aromatic N) is 1. The van der Waals surface area contributed by atoms with Crippen LogP contribution in [0.5, 0.6) is 0 Å². The lowest BCUT2D eigenvalue weighted by atomic mass is 10.1. The largest absolute Gasteiger partial charge is 0.479 e. The highest BCUT2D eigenvalue weighted by Crippen LogP contribution is 2.02. The average Bonchev–Trinajstić information content (AvgIpc) is 2.28. The van der Waals surface area contributed by atoms with Crippen molar-refractivity contribution in [2.75, 3.05) is 20.1 Å². The Morgan fingerprint density at radius 3 is 2.47 bits per heavy atom. The number of aliphatic hydroxyl groups excluding tert-OH is 1. The van der Waals surface area contributed by atoms with Crippen LogP contribution in [-0.4, -0.2) is 53.4 Å². The summed E-state index contributed by atoms with van der Waals surface area (Å²) in [5, 5.41) is 20.0. The standard InChI is InChI=1S/C11H22N2O4/c1-4-8(2)7-13(3)11(17)12-6-5-9(14)10(15)16/h8-9,14H,4-7H2,1-3H3,(H,12,17)(H,15,16)/t8?,9-/m0/s1. The molecule has 0 aliphatic rings. The second-order valence-corrected chi connectivity index (χ2v) is 4.27. The smallest absolute Gasteiger partial charge is 0.332 e. The van der Waals surface area contributed by atoms with Crippen molar-refractivity contribution in [1.29, 1.82) is 0 Å². The van der Waals surface area contributed by atoms with Crippen LogP contribution in [0, 0.1) is 5.92 Å². The van der Waals surface area contributed by atoms with Gasteiger partial charge in [-0.25, -0.2) is 9.59 Å². The summed E-state index contributed by atoms with van der Waals surface area (Å²) < 4.78 is 0. The Bertz CT molecular complexity index is 258. The molecule has 17 heavy (non-hydrogen) atoms. The first-order valence-corrected chi connectivity index (χ1v) is 5.78. The maximum Gasteiger partial charge on any atom is 0.332 e. The van der Waals surface area contributed by atoms with E-state index in [0.29, 0.717) is 12.5 Å². The Hall–Kier alpha value is -1.30.